The number of ether oxygens (including phenoxy) is 1. The maximum atomic E-state index is 13.8. The number of amides is 4. The number of nitrogens with zero attached hydrogens (tertiary/aromatic N) is 1. The number of likely N-dealkylation sites (tertiary alicyclic amines) is 1. The Balaban J connectivity index is 1.83. The summed E-state index contributed by atoms with van der Waals surface area (Å²) in [4.78, 5) is 65.2. The molecule has 1 heterocycles. The molecule has 0 aromatic carbocycles. The number of ketones is 1. The molecule has 5 atom stereocenters. The zero-order valence-electron chi connectivity index (χ0n) is 23.4. The molecule has 10 nitrogen and oxygen atoms in total. The topological polar surface area (TPSA) is 148 Å². The average Bonchev–Trinajstić information content (AvgIpc) is 3.61. The summed E-state index contributed by atoms with van der Waals surface area (Å²) >= 11 is 0. The van der Waals surface area contributed by atoms with E-state index in [0.717, 1.165) is 12.8 Å². The van der Waals surface area contributed by atoms with Crippen LogP contribution in [0.3, 0.4) is 0 Å². The van der Waals surface area contributed by atoms with Crippen LogP contribution in [-0.4, -0.2) is 70.9 Å². The number of hydrogen-bond donors (Lipinski definition) is 3. The number of alkyl halides is 3. The van der Waals surface area contributed by atoms with Crippen molar-refractivity contribution in [1.29, 1.82) is 0 Å². The highest BCUT2D eigenvalue weighted by Gasteiger charge is 2.70. The fourth-order valence-electron chi connectivity index (χ4n) is 5.41. The van der Waals surface area contributed by atoms with Gasteiger partial charge in [-0.05, 0) is 48.9 Å². The number of rotatable bonds is 9. The highest BCUT2D eigenvalue weighted by Crippen LogP contribution is 2.65. The number of Topliss-reactive ketones (excluding diaryl/α,β-unsaturated/α-hetero) is 1. The summed E-state index contributed by atoms with van der Waals surface area (Å²) < 4.78 is 44.4. The smallest absolute Gasteiger partial charge is 0.427 e. The van der Waals surface area contributed by atoms with Gasteiger partial charge in [0.15, 0.2) is 0 Å². The van der Waals surface area contributed by atoms with Crippen molar-refractivity contribution in [2.24, 2.45) is 34.3 Å². The average molecular weight is 561 g/mol. The third kappa shape index (κ3) is 6.32. The van der Waals surface area contributed by atoms with Gasteiger partial charge in [-0.15, -0.1) is 0 Å². The molecule has 3 rings (SSSR count). The summed E-state index contributed by atoms with van der Waals surface area (Å²) in [6, 6.07) is -3.44. The van der Waals surface area contributed by atoms with Crippen LogP contribution in [0.2, 0.25) is 0 Å². The van der Waals surface area contributed by atoms with E-state index in [-0.39, 0.29) is 36.1 Å². The fourth-order valence-corrected chi connectivity index (χ4v) is 5.41. The van der Waals surface area contributed by atoms with Gasteiger partial charge < -0.3 is 26.0 Å². The Kier molecular flexibility index (Phi) is 7.83. The van der Waals surface area contributed by atoms with E-state index in [0.29, 0.717) is 13.8 Å². The van der Waals surface area contributed by atoms with Crippen molar-refractivity contribution in [1.82, 2.24) is 15.5 Å². The van der Waals surface area contributed by atoms with E-state index in [4.69, 9.17) is 5.73 Å². The van der Waals surface area contributed by atoms with Gasteiger partial charge in [-0.2, -0.15) is 13.2 Å². The van der Waals surface area contributed by atoms with Crippen molar-refractivity contribution in [2.75, 3.05) is 6.54 Å². The summed E-state index contributed by atoms with van der Waals surface area (Å²) in [6.07, 6.45) is -4.27. The zero-order chi connectivity index (χ0) is 29.9. The molecule has 0 radical (unpaired) electrons. The molecule has 0 bridgehead atoms. The molecule has 0 aromatic rings. The summed E-state index contributed by atoms with van der Waals surface area (Å²) in [5.74, 6) is -3.45. The van der Waals surface area contributed by atoms with E-state index in [9.17, 15) is 37.1 Å². The minimum Gasteiger partial charge on any atom is -0.434 e. The molecule has 2 saturated carbocycles. The number of carbonyl (C=O) groups is 5. The van der Waals surface area contributed by atoms with Gasteiger partial charge in [0.1, 0.15) is 12.1 Å². The third-order valence-electron chi connectivity index (χ3n) is 8.31. The van der Waals surface area contributed by atoms with Crippen molar-refractivity contribution in [2.45, 2.75) is 97.6 Å². The predicted molar refractivity (Wildman–Crippen MR) is 133 cm³/mol. The predicted octanol–water partition coefficient (Wildman–Crippen LogP) is 2.29. The van der Waals surface area contributed by atoms with Crippen molar-refractivity contribution >= 4 is 29.6 Å². The molecule has 3 aliphatic rings. The minimum absolute atomic E-state index is 0.0392. The second kappa shape index (κ2) is 9.96. The van der Waals surface area contributed by atoms with Crippen LogP contribution in [0, 0.1) is 28.6 Å². The van der Waals surface area contributed by atoms with Gasteiger partial charge in [0, 0.05) is 6.54 Å². The second-order valence-corrected chi connectivity index (χ2v) is 13.2. The normalized spacial score (nSPS) is 25.7. The van der Waals surface area contributed by atoms with Gasteiger partial charge >= 0.3 is 12.3 Å². The minimum atomic E-state index is -4.84. The van der Waals surface area contributed by atoms with E-state index in [1.807, 2.05) is 13.8 Å². The number of halogens is 3. The molecule has 0 spiro atoms. The van der Waals surface area contributed by atoms with Gasteiger partial charge in [-0.25, -0.2) is 4.79 Å². The monoisotopic (exact) mass is 560 g/mol. The van der Waals surface area contributed by atoms with Crippen molar-refractivity contribution < 1.29 is 41.9 Å². The Morgan fingerprint density at radius 2 is 1.59 bits per heavy atom. The molecule has 4 unspecified atom stereocenters. The first-order chi connectivity index (χ1) is 17.6. The molecular weight excluding hydrogens is 521 g/mol. The molecule has 4 N–H and O–H groups in total. The van der Waals surface area contributed by atoms with Crippen LogP contribution in [0.1, 0.15) is 67.7 Å². The van der Waals surface area contributed by atoms with Crippen molar-refractivity contribution in [3.8, 4) is 0 Å². The number of nitrogens with one attached hydrogen (secondary N) is 2. The SMILES string of the molecule is CC(C)(C)C(NC(=O)OC(C)(C)C(F)(F)F)C(=O)N1C[C@H]2C(C1C(=O)NC(CC1CC1)C(=O)C(N)=O)C2(C)C. The van der Waals surface area contributed by atoms with Crippen LogP contribution < -0.4 is 16.4 Å². The Hall–Kier alpha value is -2.86. The number of carbonyl (C=O) groups excluding carboxylic acids is 5. The molecule has 0 aromatic heterocycles. The summed E-state index contributed by atoms with van der Waals surface area (Å²) in [7, 11) is 0. The molecule has 1 aliphatic heterocycles. The Bertz CT molecular complexity index is 1050. The molecule has 2 aliphatic carbocycles. The first-order valence-electron chi connectivity index (χ1n) is 13.1. The van der Waals surface area contributed by atoms with Gasteiger partial charge in [0.25, 0.3) is 5.91 Å². The Morgan fingerprint density at radius 3 is 2.05 bits per heavy atom. The quantitative estimate of drug-likeness (QED) is 0.369. The largest absolute Gasteiger partial charge is 0.434 e. The summed E-state index contributed by atoms with van der Waals surface area (Å²) in [5, 5.41) is 4.92. The van der Waals surface area contributed by atoms with Gasteiger partial charge in [0.05, 0.1) is 6.04 Å². The lowest BCUT2D eigenvalue weighted by Gasteiger charge is -2.38. The van der Waals surface area contributed by atoms with E-state index in [2.05, 4.69) is 15.4 Å². The molecule has 1 saturated heterocycles. The highest BCUT2D eigenvalue weighted by atomic mass is 19.4. The lowest BCUT2D eigenvalue weighted by atomic mass is 9.85. The summed E-state index contributed by atoms with van der Waals surface area (Å²) in [5.41, 5.74) is 1.16. The van der Waals surface area contributed by atoms with Crippen LogP contribution in [-0.2, 0) is 23.9 Å². The maximum absolute atomic E-state index is 13.8. The molecule has 39 heavy (non-hydrogen) atoms. The number of primary amides is 1. The fraction of sp³-hybridized carbons (Fsp3) is 0.808. The van der Waals surface area contributed by atoms with Crippen LogP contribution >= 0.6 is 0 Å². The molecular formula is C26H39F3N4O6. The van der Waals surface area contributed by atoms with E-state index < -0.39 is 64.9 Å². The first-order valence-corrected chi connectivity index (χ1v) is 13.1. The number of fused-ring (bicyclic) bond motifs is 1. The van der Waals surface area contributed by atoms with Gasteiger partial charge in [-0.1, -0.05) is 47.5 Å². The molecule has 4 amide bonds. The van der Waals surface area contributed by atoms with Gasteiger partial charge in [-0.3, -0.25) is 19.2 Å². The number of piperidine rings is 1. The van der Waals surface area contributed by atoms with E-state index in [1.165, 1.54) is 4.90 Å². The van der Waals surface area contributed by atoms with E-state index in [1.54, 1.807) is 20.8 Å². The van der Waals surface area contributed by atoms with Crippen LogP contribution in [0.25, 0.3) is 0 Å². The third-order valence-corrected chi connectivity index (χ3v) is 8.31. The van der Waals surface area contributed by atoms with Crippen LogP contribution in [0.5, 0.6) is 0 Å². The zero-order valence-corrected chi connectivity index (χ0v) is 23.4. The molecule has 13 heteroatoms. The standard InChI is InChI=1S/C26H39F3N4O6/c1-23(2,3)18(32-22(38)39-25(6,7)26(27,28)29)21(37)33-11-13-15(24(13,4)5)16(33)20(36)31-14(10-12-8-9-12)17(34)19(30)35/h12-16,18H,8-11H2,1-7H3,(H2,30,35)(H,31,36)(H,32,38)/t13-,14?,15?,16?,18?/m0/s1. The number of hydrogen-bond acceptors (Lipinski definition) is 6. The summed E-state index contributed by atoms with van der Waals surface area (Å²) in [6.45, 7) is 10.4. The van der Waals surface area contributed by atoms with Crippen LogP contribution in [0.4, 0.5) is 18.0 Å². The lowest BCUT2D eigenvalue weighted by Crippen LogP contribution is -2.61. The highest BCUT2D eigenvalue weighted by molar-refractivity contribution is 6.37. The molecule has 220 valence electrons. The van der Waals surface area contributed by atoms with E-state index >= 15 is 0 Å². The maximum Gasteiger partial charge on any atom is 0.427 e. The van der Waals surface area contributed by atoms with Crippen molar-refractivity contribution in [3.05, 3.63) is 0 Å². The molecule has 3 fully saturated rings. The number of alkyl carbamates (subject to hydrolysis) is 1. The number of nitrogens with two attached hydrogens (primary N) is 1. The van der Waals surface area contributed by atoms with Gasteiger partial charge in [0.2, 0.25) is 23.2 Å². The van der Waals surface area contributed by atoms with Crippen molar-refractivity contribution in [3.63, 3.8) is 0 Å². The lowest BCUT2D eigenvalue weighted by molar-refractivity contribution is -0.244. The van der Waals surface area contributed by atoms with Crippen LogP contribution in [0.15, 0.2) is 0 Å². The first kappa shape index (κ1) is 30.7. The second-order valence-electron chi connectivity index (χ2n) is 13.2. The Labute approximate surface area is 225 Å². The Morgan fingerprint density at radius 1 is 1.03 bits per heavy atom.